The minimum absolute atomic E-state index is 0.0235. The molecule has 100 valence electrons. The quantitative estimate of drug-likeness (QED) is 0.699. The maximum atomic E-state index is 12.5. The van der Waals surface area contributed by atoms with E-state index in [-0.39, 0.29) is 17.1 Å². The second-order valence-electron chi connectivity index (χ2n) is 4.79. The summed E-state index contributed by atoms with van der Waals surface area (Å²) in [6, 6.07) is 6.70. The Bertz CT molecular complexity index is 821. The number of hydrogen-bond donors (Lipinski definition) is 2. The molecule has 0 saturated heterocycles. The molecule has 0 fully saturated rings. The fourth-order valence-corrected chi connectivity index (χ4v) is 2.13. The van der Waals surface area contributed by atoms with Crippen LogP contribution >= 0.6 is 0 Å². The number of nitrogens with zero attached hydrogens (tertiary/aromatic N) is 2. The summed E-state index contributed by atoms with van der Waals surface area (Å²) in [5.74, 6) is -0.272. The molecule has 0 unspecified atom stereocenters. The number of aromatic amines is 1. The Labute approximate surface area is 115 Å². The first-order chi connectivity index (χ1) is 9.56. The second-order valence-corrected chi connectivity index (χ2v) is 4.79. The van der Waals surface area contributed by atoms with E-state index in [2.05, 4.69) is 15.2 Å². The summed E-state index contributed by atoms with van der Waals surface area (Å²) >= 11 is 0. The lowest BCUT2D eigenvalue weighted by Gasteiger charge is -2.05. The molecule has 0 amide bonds. The highest BCUT2D eigenvalue weighted by Crippen LogP contribution is 2.23. The van der Waals surface area contributed by atoms with Crippen molar-refractivity contribution in [2.45, 2.75) is 13.8 Å². The highest BCUT2D eigenvalue weighted by Gasteiger charge is 2.15. The molecule has 0 atom stereocenters. The maximum absolute atomic E-state index is 12.5. The first-order valence-electron chi connectivity index (χ1n) is 6.21. The third-order valence-electron chi connectivity index (χ3n) is 3.26. The van der Waals surface area contributed by atoms with Crippen LogP contribution < -0.4 is 0 Å². The van der Waals surface area contributed by atoms with Crippen molar-refractivity contribution in [1.82, 2.24) is 15.2 Å². The summed E-state index contributed by atoms with van der Waals surface area (Å²) in [6.07, 6.45) is 1.48. The molecule has 0 aliphatic rings. The van der Waals surface area contributed by atoms with Crippen LogP contribution in [0.2, 0.25) is 0 Å². The molecule has 3 rings (SSSR count). The smallest absolute Gasteiger partial charge is 0.198 e. The van der Waals surface area contributed by atoms with Gasteiger partial charge in [0.05, 0.1) is 5.56 Å². The third-order valence-corrected chi connectivity index (χ3v) is 3.26. The normalized spacial score (nSPS) is 10.9. The molecule has 5 nitrogen and oxygen atoms in total. The summed E-state index contributed by atoms with van der Waals surface area (Å²) < 4.78 is 0. The number of aromatic hydroxyl groups is 1. The van der Waals surface area contributed by atoms with Gasteiger partial charge in [-0.2, -0.15) is 5.10 Å². The molecule has 2 aromatic heterocycles. The molecule has 0 radical (unpaired) electrons. The van der Waals surface area contributed by atoms with Gasteiger partial charge in [-0.1, -0.05) is 11.6 Å². The molecule has 1 aromatic carbocycles. The lowest BCUT2D eigenvalue weighted by Crippen LogP contribution is -2.03. The number of nitrogens with one attached hydrogen (secondary N) is 1. The van der Waals surface area contributed by atoms with E-state index in [0.29, 0.717) is 11.2 Å². The van der Waals surface area contributed by atoms with E-state index in [0.717, 1.165) is 16.6 Å². The van der Waals surface area contributed by atoms with Crippen LogP contribution in [0.3, 0.4) is 0 Å². The number of aromatic nitrogens is 3. The molecule has 0 spiro atoms. The number of phenolic OH excluding ortho intramolecular Hbond substituents is 1. The van der Waals surface area contributed by atoms with Crippen molar-refractivity contribution in [1.29, 1.82) is 0 Å². The van der Waals surface area contributed by atoms with Crippen molar-refractivity contribution in [2.24, 2.45) is 0 Å². The Kier molecular flexibility index (Phi) is 2.75. The third kappa shape index (κ3) is 1.93. The summed E-state index contributed by atoms with van der Waals surface area (Å²) in [6.45, 7) is 3.74. The molecule has 5 heteroatoms. The van der Waals surface area contributed by atoms with Crippen molar-refractivity contribution < 1.29 is 9.90 Å². The number of aryl methyl sites for hydroxylation is 2. The number of H-pyrrole nitrogens is 1. The Morgan fingerprint density at radius 1 is 1.25 bits per heavy atom. The number of fused-ring (bicyclic) bond motifs is 1. The standard InChI is InChI=1S/C15H13N3O2/c1-8-3-4-13(19)12(5-8)14(20)10-6-11-9(2)17-18-15(11)16-7-10/h3-7,19H,1-2H3,(H,16,17,18). The van der Waals surface area contributed by atoms with Crippen molar-refractivity contribution in [2.75, 3.05) is 0 Å². The Morgan fingerprint density at radius 3 is 2.85 bits per heavy atom. The predicted octanol–water partition coefficient (Wildman–Crippen LogP) is 2.51. The lowest BCUT2D eigenvalue weighted by atomic mass is 10.0. The van der Waals surface area contributed by atoms with Gasteiger partial charge in [0.1, 0.15) is 5.75 Å². The SMILES string of the molecule is Cc1ccc(O)c(C(=O)c2cnc3n[nH]c(C)c3c2)c1. The Hall–Kier alpha value is -2.69. The van der Waals surface area contributed by atoms with Gasteiger partial charge >= 0.3 is 0 Å². The van der Waals surface area contributed by atoms with Gasteiger partial charge in [0.2, 0.25) is 0 Å². The summed E-state index contributed by atoms with van der Waals surface area (Å²) in [4.78, 5) is 16.6. The molecule has 2 heterocycles. The molecule has 20 heavy (non-hydrogen) atoms. The van der Waals surface area contributed by atoms with Crippen LogP contribution in [0.4, 0.5) is 0 Å². The number of carbonyl (C=O) groups excluding carboxylic acids is 1. The van der Waals surface area contributed by atoms with Crippen LogP contribution in [0, 0.1) is 13.8 Å². The second kappa shape index (κ2) is 4.45. The van der Waals surface area contributed by atoms with E-state index >= 15 is 0 Å². The van der Waals surface area contributed by atoms with Crippen LogP contribution in [-0.4, -0.2) is 26.1 Å². The van der Waals surface area contributed by atoms with Crippen LogP contribution in [0.25, 0.3) is 11.0 Å². The minimum atomic E-state index is -0.249. The van der Waals surface area contributed by atoms with Gasteiger partial charge in [0, 0.05) is 22.8 Å². The maximum Gasteiger partial charge on any atom is 0.198 e. The average Bonchev–Trinajstić information content (AvgIpc) is 2.82. The van der Waals surface area contributed by atoms with Gasteiger partial charge < -0.3 is 5.11 Å². The first kappa shape index (κ1) is 12.3. The number of carbonyl (C=O) groups is 1. The fraction of sp³-hybridized carbons (Fsp3) is 0.133. The Balaban J connectivity index is 2.12. The summed E-state index contributed by atoms with van der Waals surface area (Å²) in [5, 5.41) is 17.5. The van der Waals surface area contributed by atoms with Crippen LogP contribution in [0.15, 0.2) is 30.5 Å². The fourth-order valence-electron chi connectivity index (χ4n) is 2.13. The molecule has 0 aliphatic carbocycles. The van der Waals surface area contributed by atoms with E-state index in [9.17, 15) is 9.90 Å². The van der Waals surface area contributed by atoms with E-state index in [4.69, 9.17) is 0 Å². The van der Waals surface area contributed by atoms with E-state index in [1.165, 1.54) is 12.3 Å². The van der Waals surface area contributed by atoms with Crippen molar-refractivity contribution in [3.8, 4) is 5.75 Å². The van der Waals surface area contributed by atoms with Crippen LogP contribution in [0.5, 0.6) is 5.75 Å². The largest absolute Gasteiger partial charge is 0.507 e. The molecule has 0 bridgehead atoms. The number of hydrogen-bond acceptors (Lipinski definition) is 4. The average molecular weight is 267 g/mol. The van der Waals surface area contributed by atoms with E-state index in [1.54, 1.807) is 18.2 Å². The Morgan fingerprint density at radius 2 is 2.05 bits per heavy atom. The van der Waals surface area contributed by atoms with Crippen molar-refractivity contribution in [3.63, 3.8) is 0 Å². The lowest BCUT2D eigenvalue weighted by molar-refractivity contribution is 0.103. The summed E-state index contributed by atoms with van der Waals surface area (Å²) in [5.41, 5.74) is 3.07. The summed E-state index contributed by atoms with van der Waals surface area (Å²) in [7, 11) is 0. The topological polar surface area (TPSA) is 78.9 Å². The first-order valence-corrected chi connectivity index (χ1v) is 6.21. The van der Waals surface area contributed by atoms with Crippen LogP contribution in [0.1, 0.15) is 27.2 Å². The molecular formula is C15H13N3O2. The highest BCUT2D eigenvalue weighted by atomic mass is 16.3. The monoisotopic (exact) mass is 267 g/mol. The van der Waals surface area contributed by atoms with Gasteiger partial charge in [-0.15, -0.1) is 0 Å². The van der Waals surface area contributed by atoms with Gasteiger partial charge in [0.25, 0.3) is 0 Å². The number of benzene rings is 1. The number of ketones is 1. The predicted molar refractivity (Wildman–Crippen MR) is 74.9 cm³/mol. The number of phenols is 1. The van der Waals surface area contributed by atoms with Gasteiger partial charge in [-0.25, -0.2) is 4.98 Å². The van der Waals surface area contributed by atoms with E-state index < -0.39 is 0 Å². The molecule has 2 N–H and O–H groups in total. The van der Waals surface area contributed by atoms with Crippen molar-refractivity contribution >= 4 is 16.8 Å². The van der Waals surface area contributed by atoms with E-state index in [1.807, 2.05) is 13.8 Å². The van der Waals surface area contributed by atoms with Gasteiger partial charge in [0.15, 0.2) is 11.4 Å². The van der Waals surface area contributed by atoms with Crippen molar-refractivity contribution in [3.05, 3.63) is 52.8 Å². The highest BCUT2D eigenvalue weighted by molar-refractivity contribution is 6.11. The molecule has 3 aromatic rings. The van der Waals surface area contributed by atoms with Gasteiger partial charge in [-0.05, 0) is 32.0 Å². The molecule has 0 aliphatic heterocycles. The zero-order valence-electron chi connectivity index (χ0n) is 11.1. The molecule has 0 saturated carbocycles. The number of rotatable bonds is 2. The number of pyridine rings is 1. The zero-order chi connectivity index (χ0) is 14.3. The van der Waals surface area contributed by atoms with Crippen LogP contribution in [-0.2, 0) is 0 Å². The van der Waals surface area contributed by atoms with Gasteiger partial charge in [-0.3, -0.25) is 9.89 Å². The minimum Gasteiger partial charge on any atom is -0.507 e. The zero-order valence-corrected chi connectivity index (χ0v) is 11.1. The molecular weight excluding hydrogens is 254 g/mol.